The van der Waals surface area contributed by atoms with Crippen LogP contribution in [-0.4, -0.2) is 75.6 Å². The molecule has 2 fully saturated rings. The molecule has 2 N–H and O–H groups in total. The Kier molecular flexibility index (Phi) is 5.24. The summed E-state index contributed by atoms with van der Waals surface area (Å²) in [6, 6.07) is 1.63. The minimum atomic E-state index is -0.798. The normalized spacial score (nSPS) is 28.4. The van der Waals surface area contributed by atoms with Gasteiger partial charge in [-0.2, -0.15) is 4.98 Å². The van der Waals surface area contributed by atoms with Gasteiger partial charge in [0.15, 0.2) is 5.82 Å². The summed E-state index contributed by atoms with van der Waals surface area (Å²) >= 11 is 0. The summed E-state index contributed by atoms with van der Waals surface area (Å²) in [7, 11) is 0. The number of hydrogen-bond acceptors (Lipinski definition) is 7. The van der Waals surface area contributed by atoms with Crippen molar-refractivity contribution in [2.45, 2.75) is 31.8 Å². The molecule has 0 aromatic carbocycles. The van der Waals surface area contributed by atoms with Gasteiger partial charge in [0.25, 0.3) is 0 Å². The highest BCUT2D eigenvalue weighted by Crippen LogP contribution is 2.27. The molecule has 132 valence electrons. The molecule has 0 radical (unpaired) electrons. The second-order valence-electron chi connectivity index (χ2n) is 5.85. The number of rotatable bonds is 3. The Labute approximate surface area is 139 Å². The van der Waals surface area contributed by atoms with Crippen molar-refractivity contribution in [2.75, 3.05) is 32.9 Å². The molecule has 24 heavy (non-hydrogen) atoms. The summed E-state index contributed by atoms with van der Waals surface area (Å²) in [6.07, 6.45) is -0.313. The monoisotopic (exact) mass is 338 g/mol. The molecule has 3 rings (SSSR count). The molecule has 0 spiro atoms. The van der Waals surface area contributed by atoms with Gasteiger partial charge in [-0.05, 0) is 13.0 Å². The first-order chi connectivity index (χ1) is 11.6. The van der Waals surface area contributed by atoms with Gasteiger partial charge in [0.05, 0.1) is 25.9 Å². The topological polar surface area (TPSA) is 109 Å². The molecule has 0 bridgehead atoms. The predicted molar refractivity (Wildman–Crippen MR) is 85.3 cm³/mol. The maximum atomic E-state index is 12.2. The number of nitrogens with zero attached hydrogens (tertiary/aromatic N) is 4. The molecule has 0 unspecified atom stereocenters. The standard InChI is InChI=1S/C15H22N4O5/c1-10(18-4-6-23-7-5-18)16-13-2-3-19(15(22)17-13)14-8-11(21)12(9-20)24-14/h2-3,11-12,14,20-21H,4-9H2,1H3/t11-,12-,14-/m1/s1. The van der Waals surface area contributed by atoms with Crippen LogP contribution in [0.25, 0.3) is 0 Å². The van der Waals surface area contributed by atoms with E-state index >= 15 is 0 Å². The van der Waals surface area contributed by atoms with Gasteiger partial charge in [0, 0.05) is 25.7 Å². The third-order valence-electron chi connectivity index (χ3n) is 4.25. The number of ether oxygens (including phenoxy) is 2. The molecule has 1 aromatic rings. The average Bonchev–Trinajstić information content (AvgIpc) is 2.96. The highest BCUT2D eigenvalue weighted by Gasteiger charge is 2.34. The predicted octanol–water partition coefficient (Wildman–Crippen LogP) is -0.734. The fraction of sp³-hybridized carbons (Fsp3) is 0.667. The number of morpholine rings is 1. The van der Waals surface area contributed by atoms with E-state index in [2.05, 4.69) is 14.9 Å². The van der Waals surface area contributed by atoms with Crippen molar-refractivity contribution in [1.29, 1.82) is 0 Å². The van der Waals surface area contributed by atoms with E-state index in [1.807, 2.05) is 6.92 Å². The van der Waals surface area contributed by atoms with Crippen LogP contribution in [0.15, 0.2) is 22.1 Å². The third kappa shape index (κ3) is 3.64. The summed E-state index contributed by atoms with van der Waals surface area (Å²) in [5.41, 5.74) is -0.498. The number of hydrogen-bond donors (Lipinski definition) is 2. The van der Waals surface area contributed by atoms with E-state index in [-0.39, 0.29) is 13.0 Å². The van der Waals surface area contributed by atoms with Crippen LogP contribution in [-0.2, 0) is 9.47 Å². The SMILES string of the molecule is CC(=Nc1ccn([C@H]2C[C@@H](O)[C@@H](CO)O2)c(=O)n1)N1CCOCC1. The van der Waals surface area contributed by atoms with Gasteiger partial charge in [0.2, 0.25) is 0 Å². The van der Waals surface area contributed by atoms with Gasteiger partial charge in [-0.1, -0.05) is 0 Å². The maximum absolute atomic E-state index is 12.2. The second kappa shape index (κ2) is 7.39. The Morgan fingerprint density at radius 3 is 2.83 bits per heavy atom. The average molecular weight is 338 g/mol. The first kappa shape index (κ1) is 17.0. The van der Waals surface area contributed by atoms with Gasteiger partial charge in [0.1, 0.15) is 18.2 Å². The Morgan fingerprint density at radius 1 is 1.46 bits per heavy atom. The van der Waals surface area contributed by atoms with E-state index in [0.717, 1.165) is 18.9 Å². The first-order valence-corrected chi connectivity index (χ1v) is 8.00. The number of aliphatic hydroxyl groups is 2. The van der Waals surface area contributed by atoms with E-state index in [1.165, 1.54) is 4.57 Å². The van der Waals surface area contributed by atoms with Crippen molar-refractivity contribution in [3.63, 3.8) is 0 Å². The lowest BCUT2D eigenvalue weighted by Gasteiger charge is -2.28. The fourth-order valence-corrected chi connectivity index (χ4v) is 2.86. The molecule has 9 nitrogen and oxygen atoms in total. The lowest BCUT2D eigenvalue weighted by atomic mass is 10.2. The summed E-state index contributed by atoms with van der Waals surface area (Å²) < 4.78 is 12.1. The maximum Gasteiger partial charge on any atom is 0.351 e. The van der Waals surface area contributed by atoms with Gasteiger partial charge in [-0.15, -0.1) is 0 Å². The van der Waals surface area contributed by atoms with E-state index in [0.29, 0.717) is 19.0 Å². The largest absolute Gasteiger partial charge is 0.394 e. The quantitative estimate of drug-likeness (QED) is 0.552. The zero-order chi connectivity index (χ0) is 17.1. The molecular weight excluding hydrogens is 316 g/mol. The number of aliphatic hydroxyl groups excluding tert-OH is 2. The van der Waals surface area contributed by atoms with Crippen LogP contribution in [0.3, 0.4) is 0 Å². The highest BCUT2D eigenvalue weighted by molar-refractivity contribution is 5.82. The lowest BCUT2D eigenvalue weighted by Crippen LogP contribution is -2.39. The first-order valence-electron chi connectivity index (χ1n) is 8.00. The summed E-state index contributed by atoms with van der Waals surface area (Å²) in [5.74, 6) is 1.12. The van der Waals surface area contributed by atoms with Crippen LogP contribution in [0.5, 0.6) is 0 Å². The molecule has 1 aromatic heterocycles. The minimum absolute atomic E-state index is 0.238. The molecule has 3 atom stereocenters. The zero-order valence-electron chi connectivity index (χ0n) is 13.5. The molecule has 2 aliphatic heterocycles. The van der Waals surface area contributed by atoms with Crippen LogP contribution in [0.2, 0.25) is 0 Å². The summed E-state index contributed by atoms with van der Waals surface area (Å²) in [4.78, 5) is 22.6. The van der Waals surface area contributed by atoms with Gasteiger partial charge < -0.3 is 24.6 Å². The fourth-order valence-electron chi connectivity index (χ4n) is 2.86. The summed E-state index contributed by atoms with van der Waals surface area (Å²) in [5, 5.41) is 18.9. The molecular formula is C15H22N4O5. The third-order valence-corrected chi connectivity index (χ3v) is 4.25. The molecule has 0 amide bonds. The smallest absolute Gasteiger partial charge is 0.351 e. The van der Waals surface area contributed by atoms with Crippen molar-refractivity contribution >= 4 is 11.7 Å². The molecule has 0 saturated carbocycles. The van der Waals surface area contributed by atoms with E-state index < -0.39 is 24.1 Å². The van der Waals surface area contributed by atoms with Crippen LogP contribution in [0, 0.1) is 0 Å². The van der Waals surface area contributed by atoms with Crippen LogP contribution in [0.1, 0.15) is 19.6 Å². The lowest BCUT2D eigenvalue weighted by molar-refractivity contribution is -0.0458. The van der Waals surface area contributed by atoms with Crippen molar-refractivity contribution < 1.29 is 19.7 Å². The van der Waals surface area contributed by atoms with Crippen LogP contribution < -0.4 is 5.69 Å². The van der Waals surface area contributed by atoms with Crippen LogP contribution >= 0.6 is 0 Å². The second-order valence-corrected chi connectivity index (χ2v) is 5.85. The molecule has 2 aliphatic rings. The number of amidine groups is 1. The van der Waals surface area contributed by atoms with Gasteiger partial charge >= 0.3 is 5.69 Å². The highest BCUT2D eigenvalue weighted by atomic mass is 16.5. The minimum Gasteiger partial charge on any atom is -0.394 e. The van der Waals surface area contributed by atoms with Crippen LogP contribution in [0.4, 0.5) is 5.82 Å². The van der Waals surface area contributed by atoms with Crippen molar-refractivity contribution in [1.82, 2.24) is 14.5 Å². The van der Waals surface area contributed by atoms with Crippen molar-refractivity contribution in [2.24, 2.45) is 4.99 Å². The Balaban J connectivity index is 1.74. The molecule has 9 heteroatoms. The van der Waals surface area contributed by atoms with E-state index in [1.54, 1.807) is 12.3 Å². The van der Waals surface area contributed by atoms with E-state index in [9.17, 15) is 9.90 Å². The Morgan fingerprint density at radius 2 is 2.21 bits per heavy atom. The van der Waals surface area contributed by atoms with Gasteiger partial charge in [-0.25, -0.2) is 9.79 Å². The van der Waals surface area contributed by atoms with Crippen molar-refractivity contribution in [3.05, 3.63) is 22.7 Å². The van der Waals surface area contributed by atoms with Crippen molar-refractivity contribution in [3.8, 4) is 0 Å². The molecule has 0 aliphatic carbocycles. The van der Waals surface area contributed by atoms with E-state index in [4.69, 9.17) is 14.6 Å². The molecule has 3 heterocycles. The Bertz CT molecular complexity index is 656. The number of aliphatic imine (C=N–C) groups is 1. The molecule has 2 saturated heterocycles. The zero-order valence-corrected chi connectivity index (χ0v) is 13.5. The summed E-state index contributed by atoms with van der Waals surface area (Å²) in [6.45, 7) is 4.44. The van der Waals surface area contributed by atoms with Gasteiger partial charge in [-0.3, -0.25) is 4.57 Å². The number of aromatic nitrogens is 2. The Hall–Kier alpha value is -1.81.